The van der Waals surface area contributed by atoms with Crippen LogP contribution in [0.5, 0.6) is 11.5 Å². The molecule has 0 aliphatic rings. The predicted molar refractivity (Wildman–Crippen MR) is 111 cm³/mol. The molecule has 1 heterocycles. The van der Waals surface area contributed by atoms with Crippen LogP contribution in [0.15, 0.2) is 30.3 Å². The number of benzene rings is 2. The molecule has 0 radical (unpaired) electrons. The molecular weight excluding hydrogens is 342 g/mol. The Morgan fingerprint density at radius 2 is 1.50 bits per heavy atom. The van der Waals surface area contributed by atoms with Gasteiger partial charge in [0.15, 0.2) is 0 Å². The summed E-state index contributed by atoms with van der Waals surface area (Å²) in [5.41, 5.74) is 3.62. The van der Waals surface area contributed by atoms with Gasteiger partial charge in [-0.3, -0.25) is 0 Å². The number of thiazole rings is 1. The highest BCUT2D eigenvalue weighted by atomic mass is 32.1. The van der Waals surface area contributed by atoms with Gasteiger partial charge in [0, 0.05) is 16.7 Å². The number of hydrogen-bond donors (Lipinski definition) is 1. The van der Waals surface area contributed by atoms with Gasteiger partial charge in [0.25, 0.3) is 0 Å². The van der Waals surface area contributed by atoms with E-state index in [4.69, 9.17) is 9.72 Å². The lowest BCUT2D eigenvalue weighted by molar-refractivity contribution is 0.415. The molecule has 0 aliphatic carbocycles. The van der Waals surface area contributed by atoms with Crippen LogP contribution in [0.2, 0.25) is 0 Å². The molecule has 138 valence electrons. The van der Waals surface area contributed by atoms with Gasteiger partial charge in [-0.1, -0.05) is 41.5 Å². The second kappa shape index (κ2) is 6.27. The average molecular weight is 370 g/mol. The first kappa shape index (κ1) is 18.7. The van der Waals surface area contributed by atoms with Crippen molar-refractivity contribution in [3.8, 4) is 22.1 Å². The molecule has 0 saturated heterocycles. The van der Waals surface area contributed by atoms with Gasteiger partial charge in [0.05, 0.1) is 17.3 Å². The smallest absolute Gasteiger partial charge is 0.124 e. The van der Waals surface area contributed by atoms with E-state index < -0.39 is 0 Å². The number of fused-ring (bicyclic) bond motifs is 1. The van der Waals surface area contributed by atoms with Crippen LogP contribution in [0.4, 0.5) is 0 Å². The second-order valence-corrected chi connectivity index (χ2v) is 9.80. The Hall–Kier alpha value is -2.07. The van der Waals surface area contributed by atoms with Crippen LogP contribution in [0.3, 0.4) is 0 Å². The van der Waals surface area contributed by atoms with E-state index in [1.54, 1.807) is 18.4 Å². The zero-order valence-corrected chi connectivity index (χ0v) is 17.4. The highest BCUT2D eigenvalue weighted by molar-refractivity contribution is 7.21. The molecule has 0 spiro atoms. The van der Waals surface area contributed by atoms with E-state index in [1.807, 2.05) is 18.2 Å². The first-order valence-electron chi connectivity index (χ1n) is 8.83. The lowest BCUT2D eigenvalue weighted by Crippen LogP contribution is -2.17. The van der Waals surface area contributed by atoms with Gasteiger partial charge in [-0.05, 0) is 41.2 Å². The van der Waals surface area contributed by atoms with Crippen molar-refractivity contribution in [3.05, 3.63) is 41.5 Å². The lowest BCUT2D eigenvalue weighted by atomic mass is 9.78. The Morgan fingerprint density at radius 3 is 2.00 bits per heavy atom. The highest BCUT2D eigenvalue weighted by Gasteiger charge is 2.27. The zero-order valence-electron chi connectivity index (χ0n) is 16.6. The van der Waals surface area contributed by atoms with Crippen LogP contribution < -0.4 is 4.74 Å². The number of aromatic nitrogens is 1. The van der Waals surface area contributed by atoms with Crippen molar-refractivity contribution >= 4 is 21.6 Å². The summed E-state index contributed by atoms with van der Waals surface area (Å²) in [7, 11) is 1.67. The number of rotatable bonds is 2. The Balaban J connectivity index is 2.24. The van der Waals surface area contributed by atoms with E-state index in [1.165, 1.54) is 0 Å². The summed E-state index contributed by atoms with van der Waals surface area (Å²) >= 11 is 1.65. The molecule has 3 rings (SSSR count). The quantitative estimate of drug-likeness (QED) is 0.578. The van der Waals surface area contributed by atoms with Gasteiger partial charge < -0.3 is 9.84 Å². The molecule has 4 heteroatoms. The molecule has 0 unspecified atom stereocenters. The maximum Gasteiger partial charge on any atom is 0.124 e. The van der Waals surface area contributed by atoms with Crippen LogP contribution in [0, 0.1) is 0 Å². The molecule has 3 nitrogen and oxygen atoms in total. The zero-order chi connectivity index (χ0) is 19.3. The lowest BCUT2D eigenvalue weighted by Gasteiger charge is -2.28. The van der Waals surface area contributed by atoms with Gasteiger partial charge >= 0.3 is 0 Å². The van der Waals surface area contributed by atoms with Crippen molar-refractivity contribution in [2.45, 2.75) is 52.4 Å². The molecular formula is C22H27NO2S. The third-order valence-corrected chi connectivity index (χ3v) is 5.64. The summed E-state index contributed by atoms with van der Waals surface area (Å²) in [5, 5.41) is 11.9. The molecule has 0 atom stereocenters. The number of methoxy groups -OCH3 is 1. The maximum atomic E-state index is 10.9. The number of hydrogen-bond acceptors (Lipinski definition) is 4. The van der Waals surface area contributed by atoms with E-state index in [-0.39, 0.29) is 10.8 Å². The minimum atomic E-state index is -0.153. The maximum absolute atomic E-state index is 10.9. The molecule has 0 fully saturated rings. The first-order valence-corrected chi connectivity index (χ1v) is 9.65. The van der Waals surface area contributed by atoms with Crippen LogP contribution in [0.1, 0.15) is 52.7 Å². The summed E-state index contributed by atoms with van der Waals surface area (Å²) in [6.45, 7) is 12.8. The molecule has 0 bridgehead atoms. The third kappa shape index (κ3) is 3.43. The van der Waals surface area contributed by atoms with Crippen LogP contribution >= 0.6 is 11.3 Å². The van der Waals surface area contributed by atoms with Crippen molar-refractivity contribution in [2.24, 2.45) is 0 Å². The van der Waals surface area contributed by atoms with Crippen molar-refractivity contribution in [3.63, 3.8) is 0 Å². The van der Waals surface area contributed by atoms with E-state index >= 15 is 0 Å². The Morgan fingerprint density at radius 1 is 0.923 bits per heavy atom. The molecule has 3 aromatic rings. The molecule has 1 N–H and O–H groups in total. The van der Waals surface area contributed by atoms with Gasteiger partial charge in [0.1, 0.15) is 16.5 Å². The summed E-state index contributed by atoms with van der Waals surface area (Å²) in [4.78, 5) is 4.82. The Labute approximate surface area is 159 Å². The van der Waals surface area contributed by atoms with E-state index in [0.717, 1.165) is 37.7 Å². The second-order valence-electron chi connectivity index (χ2n) is 8.77. The van der Waals surface area contributed by atoms with Gasteiger partial charge in [-0.25, -0.2) is 4.98 Å². The van der Waals surface area contributed by atoms with Gasteiger partial charge in [-0.15, -0.1) is 11.3 Å². The SMILES string of the molecule is COc1ccc2nc(-c3cc(C(C)(C)C)c(O)c(C(C)(C)C)c3)sc2c1. The summed E-state index contributed by atoms with van der Waals surface area (Å²) < 4.78 is 6.43. The molecule has 2 aromatic carbocycles. The fourth-order valence-electron chi connectivity index (χ4n) is 3.06. The molecule has 0 aliphatic heterocycles. The summed E-state index contributed by atoms with van der Waals surface area (Å²) in [6, 6.07) is 10.1. The van der Waals surface area contributed by atoms with Crippen molar-refractivity contribution in [2.75, 3.05) is 7.11 Å². The predicted octanol–water partition coefficient (Wildman–Crippen LogP) is 6.27. The van der Waals surface area contributed by atoms with E-state index in [2.05, 4.69) is 53.7 Å². The number of aromatic hydroxyl groups is 1. The van der Waals surface area contributed by atoms with Gasteiger partial charge in [0.2, 0.25) is 0 Å². The van der Waals surface area contributed by atoms with Crippen LogP contribution in [-0.2, 0) is 10.8 Å². The largest absolute Gasteiger partial charge is 0.507 e. The van der Waals surface area contributed by atoms with Crippen LogP contribution in [0.25, 0.3) is 20.8 Å². The number of phenols is 1. The van der Waals surface area contributed by atoms with Crippen molar-refractivity contribution in [1.29, 1.82) is 0 Å². The highest BCUT2D eigenvalue weighted by Crippen LogP contribution is 2.43. The fourth-order valence-corrected chi connectivity index (χ4v) is 4.04. The van der Waals surface area contributed by atoms with Crippen molar-refractivity contribution in [1.82, 2.24) is 4.98 Å². The fraction of sp³-hybridized carbons (Fsp3) is 0.409. The Bertz CT molecular complexity index is 923. The van der Waals surface area contributed by atoms with Gasteiger partial charge in [-0.2, -0.15) is 0 Å². The molecule has 0 amide bonds. The standard InChI is InChI=1S/C22H27NO2S/c1-21(2,3)15-10-13(11-16(19(15)24)22(4,5)6)20-23-17-9-8-14(25-7)12-18(17)26-20/h8-12,24H,1-7H3. The molecule has 26 heavy (non-hydrogen) atoms. The topological polar surface area (TPSA) is 42.4 Å². The number of phenolic OH excluding ortho intramolecular Hbond substituents is 1. The molecule has 0 saturated carbocycles. The third-order valence-electron chi connectivity index (χ3n) is 4.57. The first-order chi connectivity index (χ1) is 12.0. The van der Waals surface area contributed by atoms with Crippen LogP contribution in [-0.4, -0.2) is 17.2 Å². The summed E-state index contributed by atoms with van der Waals surface area (Å²) in [6.07, 6.45) is 0. The minimum Gasteiger partial charge on any atom is -0.507 e. The monoisotopic (exact) mass is 369 g/mol. The molecule has 1 aromatic heterocycles. The number of nitrogens with zero attached hydrogens (tertiary/aromatic N) is 1. The van der Waals surface area contributed by atoms with Crippen molar-refractivity contribution < 1.29 is 9.84 Å². The summed E-state index contributed by atoms with van der Waals surface area (Å²) in [5.74, 6) is 1.24. The normalized spacial score (nSPS) is 12.6. The average Bonchev–Trinajstić information content (AvgIpc) is 2.95. The minimum absolute atomic E-state index is 0.153. The number of ether oxygens (including phenoxy) is 1. The van der Waals surface area contributed by atoms with E-state index in [0.29, 0.717) is 5.75 Å². The Kier molecular flexibility index (Phi) is 4.51. The van der Waals surface area contributed by atoms with E-state index in [9.17, 15) is 5.11 Å².